The van der Waals surface area contributed by atoms with E-state index >= 15 is 0 Å². The molecule has 4 nitrogen and oxygen atoms in total. The van der Waals surface area contributed by atoms with Crippen LogP contribution in [0.3, 0.4) is 0 Å². The predicted octanol–water partition coefficient (Wildman–Crippen LogP) is 3.32. The van der Waals surface area contributed by atoms with Gasteiger partial charge >= 0.3 is 0 Å². The molecule has 1 amide bonds. The third-order valence-electron chi connectivity index (χ3n) is 5.14. The summed E-state index contributed by atoms with van der Waals surface area (Å²) in [5, 5.41) is 10.5. The lowest BCUT2D eigenvalue weighted by Crippen LogP contribution is -2.37. The minimum atomic E-state index is -0.668. The minimum absolute atomic E-state index is 0.0800. The number of hydrogen-bond acceptors (Lipinski definition) is 3. The molecule has 1 N–H and O–H groups in total. The lowest BCUT2D eigenvalue weighted by molar-refractivity contribution is 0.0759. The number of hydrogen-bond donors (Lipinski definition) is 1. The Morgan fingerprint density at radius 1 is 0.885 bits per heavy atom. The Morgan fingerprint density at radius 2 is 1.54 bits per heavy atom. The molecule has 1 heterocycles. The van der Waals surface area contributed by atoms with Crippen LogP contribution in [0.2, 0.25) is 0 Å². The number of carbonyl (C=O) groups excluding carboxylic acids is 1. The molecule has 3 rings (SSSR count). The van der Waals surface area contributed by atoms with E-state index in [0.29, 0.717) is 11.6 Å². The second-order valence-corrected chi connectivity index (χ2v) is 7.21. The topological polar surface area (TPSA) is 43.8 Å². The van der Waals surface area contributed by atoms with Gasteiger partial charge in [0.2, 0.25) is 0 Å². The first-order valence-electron chi connectivity index (χ1n) is 9.42. The van der Waals surface area contributed by atoms with E-state index < -0.39 is 6.10 Å². The highest BCUT2D eigenvalue weighted by Crippen LogP contribution is 2.22. The molecule has 0 saturated carbocycles. The molecule has 2 aromatic carbocycles. The van der Waals surface area contributed by atoms with Crippen LogP contribution in [0.25, 0.3) is 0 Å². The molecule has 1 aliphatic rings. The van der Waals surface area contributed by atoms with Crippen LogP contribution in [0.1, 0.15) is 47.9 Å². The molecule has 26 heavy (non-hydrogen) atoms. The van der Waals surface area contributed by atoms with Gasteiger partial charge in [-0.15, -0.1) is 0 Å². The van der Waals surface area contributed by atoms with Gasteiger partial charge in [-0.3, -0.25) is 9.69 Å². The maximum Gasteiger partial charge on any atom is 0.253 e. The fourth-order valence-corrected chi connectivity index (χ4v) is 3.48. The van der Waals surface area contributed by atoms with Crippen molar-refractivity contribution in [3.8, 4) is 0 Å². The van der Waals surface area contributed by atoms with Crippen molar-refractivity contribution < 1.29 is 9.90 Å². The third-order valence-corrected chi connectivity index (χ3v) is 5.14. The molecule has 1 unspecified atom stereocenters. The van der Waals surface area contributed by atoms with E-state index in [2.05, 4.69) is 18.7 Å². The first-order chi connectivity index (χ1) is 12.6. The highest BCUT2D eigenvalue weighted by atomic mass is 16.3. The summed E-state index contributed by atoms with van der Waals surface area (Å²) in [5.41, 5.74) is 2.34. The van der Waals surface area contributed by atoms with E-state index in [0.717, 1.165) is 43.7 Å². The van der Waals surface area contributed by atoms with Crippen LogP contribution in [-0.2, 0) is 0 Å². The molecule has 0 spiro atoms. The van der Waals surface area contributed by atoms with Gasteiger partial charge in [-0.1, -0.05) is 42.5 Å². The Morgan fingerprint density at radius 3 is 2.19 bits per heavy atom. The van der Waals surface area contributed by atoms with Gasteiger partial charge in [-0.05, 0) is 43.5 Å². The summed E-state index contributed by atoms with van der Waals surface area (Å²) >= 11 is 0. The molecule has 2 aromatic rings. The Hall–Kier alpha value is -2.17. The first-order valence-corrected chi connectivity index (χ1v) is 9.42. The van der Waals surface area contributed by atoms with Crippen LogP contribution in [0.15, 0.2) is 54.6 Å². The molecule has 138 valence electrons. The van der Waals surface area contributed by atoms with Crippen molar-refractivity contribution in [2.24, 2.45) is 0 Å². The highest BCUT2D eigenvalue weighted by Gasteiger charge is 2.21. The van der Waals surface area contributed by atoms with Crippen molar-refractivity contribution in [1.29, 1.82) is 0 Å². The molecule has 1 atom stereocenters. The number of carbonyl (C=O) groups is 1. The molecular weight excluding hydrogens is 324 g/mol. The van der Waals surface area contributed by atoms with E-state index in [1.54, 1.807) is 0 Å². The lowest BCUT2D eigenvalue weighted by atomic mass is 10.0. The first kappa shape index (κ1) is 18.6. The van der Waals surface area contributed by atoms with Crippen molar-refractivity contribution >= 4 is 5.91 Å². The van der Waals surface area contributed by atoms with Gasteiger partial charge in [0.05, 0.1) is 0 Å². The SMILES string of the molecule is CC(C)N1CCCN(C(=O)c2ccc(C(O)c3ccccc3)cc2)CC1. The van der Waals surface area contributed by atoms with Gasteiger partial charge in [0.25, 0.3) is 5.91 Å². The second-order valence-electron chi connectivity index (χ2n) is 7.21. The zero-order chi connectivity index (χ0) is 18.5. The van der Waals surface area contributed by atoms with E-state index in [4.69, 9.17) is 0 Å². The maximum absolute atomic E-state index is 12.8. The molecule has 0 aliphatic carbocycles. The van der Waals surface area contributed by atoms with E-state index in [-0.39, 0.29) is 5.91 Å². The lowest BCUT2D eigenvalue weighted by Gasteiger charge is -2.25. The van der Waals surface area contributed by atoms with Crippen LogP contribution in [0.5, 0.6) is 0 Å². The predicted molar refractivity (Wildman–Crippen MR) is 104 cm³/mol. The van der Waals surface area contributed by atoms with E-state index in [1.165, 1.54) is 0 Å². The van der Waals surface area contributed by atoms with Crippen LogP contribution in [0.4, 0.5) is 0 Å². The fourth-order valence-electron chi connectivity index (χ4n) is 3.48. The summed E-state index contributed by atoms with van der Waals surface area (Å²) in [6.07, 6.45) is 0.340. The van der Waals surface area contributed by atoms with Crippen molar-refractivity contribution in [3.05, 3.63) is 71.3 Å². The van der Waals surface area contributed by atoms with Gasteiger partial charge in [-0.2, -0.15) is 0 Å². The van der Waals surface area contributed by atoms with E-state index in [9.17, 15) is 9.90 Å². The molecule has 1 saturated heterocycles. The van der Waals surface area contributed by atoms with Crippen LogP contribution < -0.4 is 0 Å². The maximum atomic E-state index is 12.8. The molecule has 4 heteroatoms. The third kappa shape index (κ3) is 4.32. The van der Waals surface area contributed by atoms with Crippen LogP contribution in [0, 0.1) is 0 Å². The van der Waals surface area contributed by atoms with Gasteiger partial charge in [-0.25, -0.2) is 0 Å². The smallest absolute Gasteiger partial charge is 0.253 e. The van der Waals surface area contributed by atoms with Gasteiger partial charge in [0, 0.05) is 37.8 Å². The summed E-state index contributed by atoms with van der Waals surface area (Å²) in [6.45, 7) is 7.95. The summed E-state index contributed by atoms with van der Waals surface area (Å²) in [6, 6.07) is 17.4. The molecular formula is C22H28N2O2. The van der Waals surface area contributed by atoms with Crippen LogP contribution >= 0.6 is 0 Å². The monoisotopic (exact) mass is 352 g/mol. The number of nitrogens with zero attached hydrogens (tertiary/aromatic N) is 2. The van der Waals surface area contributed by atoms with Gasteiger partial charge < -0.3 is 10.0 Å². The Kier molecular flexibility index (Phi) is 6.07. The average Bonchev–Trinajstić information content (AvgIpc) is 2.94. The highest BCUT2D eigenvalue weighted by molar-refractivity contribution is 5.94. The summed E-state index contributed by atoms with van der Waals surface area (Å²) < 4.78 is 0. The van der Waals surface area contributed by atoms with Gasteiger partial charge in [0.1, 0.15) is 6.10 Å². The normalized spacial score (nSPS) is 17.2. The molecule has 1 aliphatic heterocycles. The number of amides is 1. The molecule has 1 fully saturated rings. The second kappa shape index (κ2) is 8.47. The average molecular weight is 352 g/mol. The summed E-state index contributed by atoms with van der Waals surface area (Å²) in [5.74, 6) is 0.0800. The Labute approximate surface area is 156 Å². The minimum Gasteiger partial charge on any atom is -0.384 e. The summed E-state index contributed by atoms with van der Waals surface area (Å²) in [4.78, 5) is 17.2. The van der Waals surface area contributed by atoms with Crippen molar-refractivity contribution in [2.75, 3.05) is 26.2 Å². The zero-order valence-corrected chi connectivity index (χ0v) is 15.6. The van der Waals surface area contributed by atoms with Crippen LogP contribution in [-0.4, -0.2) is 53.0 Å². The number of rotatable bonds is 4. The number of aliphatic hydroxyl groups is 1. The van der Waals surface area contributed by atoms with Crippen molar-refractivity contribution in [3.63, 3.8) is 0 Å². The molecule has 0 aromatic heterocycles. The molecule has 0 bridgehead atoms. The Balaban J connectivity index is 1.67. The summed E-state index contributed by atoms with van der Waals surface area (Å²) in [7, 11) is 0. The number of benzene rings is 2. The van der Waals surface area contributed by atoms with E-state index in [1.807, 2.05) is 59.5 Å². The van der Waals surface area contributed by atoms with Crippen molar-refractivity contribution in [2.45, 2.75) is 32.4 Å². The quantitative estimate of drug-likeness (QED) is 0.918. The molecule has 0 radical (unpaired) electrons. The Bertz CT molecular complexity index is 713. The largest absolute Gasteiger partial charge is 0.384 e. The fraction of sp³-hybridized carbons (Fsp3) is 0.409. The van der Waals surface area contributed by atoms with Crippen molar-refractivity contribution in [1.82, 2.24) is 9.80 Å². The van der Waals surface area contributed by atoms with Gasteiger partial charge in [0.15, 0.2) is 0 Å². The standard InChI is InChI=1S/C22H28N2O2/c1-17(2)23-13-6-14-24(16-15-23)22(26)20-11-9-19(10-12-20)21(25)18-7-4-3-5-8-18/h3-5,7-12,17,21,25H,6,13-16H2,1-2H3. The number of aliphatic hydroxyl groups excluding tert-OH is 1. The zero-order valence-electron chi connectivity index (χ0n) is 15.6.